The van der Waals surface area contributed by atoms with Crippen LogP contribution in [0, 0.1) is 11.6 Å². The number of anilines is 1. The summed E-state index contributed by atoms with van der Waals surface area (Å²) in [7, 11) is 0. The van der Waals surface area contributed by atoms with Gasteiger partial charge in [0.1, 0.15) is 5.82 Å². The third kappa shape index (κ3) is 2.57. The molecule has 1 unspecified atom stereocenters. The Labute approximate surface area is 130 Å². The van der Waals surface area contributed by atoms with Crippen molar-refractivity contribution in [2.45, 2.75) is 32.2 Å². The third-order valence-corrected chi connectivity index (χ3v) is 4.57. The molecule has 6 heteroatoms. The fourth-order valence-corrected chi connectivity index (χ4v) is 3.32. The molecule has 0 saturated heterocycles. The first-order valence-electron chi connectivity index (χ1n) is 7.07. The second kappa shape index (κ2) is 5.75. The Hall–Kier alpha value is -1.43. The van der Waals surface area contributed by atoms with Gasteiger partial charge in [-0.1, -0.05) is 19.4 Å². The molecule has 0 saturated carbocycles. The number of aromatic nitrogens is 2. The zero-order valence-electron chi connectivity index (χ0n) is 11.7. The molecule has 0 spiro atoms. The molecule has 0 amide bonds. The van der Waals surface area contributed by atoms with Gasteiger partial charge in [-0.25, -0.2) is 13.5 Å². The highest BCUT2D eigenvalue weighted by molar-refractivity contribution is 9.10. The Morgan fingerprint density at radius 3 is 2.90 bits per heavy atom. The summed E-state index contributed by atoms with van der Waals surface area (Å²) < 4.78 is 29.4. The highest BCUT2D eigenvalue weighted by Crippen LogP contribution is 2.36. The van der Waals surface area contributed by atoms with E-state index >= 15 is 0 Å². The predicted molar refractivity (Wildman–Crippen MR) is 81.5 cm³/mol. The molecule has 1 aliphatic heterocycles. The van der Waals surface area contributed by atoms with Crippen LogP contribution in [0.1, 0.15) is 37.1 Å². The smallest absolute Gasteiger partial charge is 0.159 e. The lowest BCUT2D eigenvalue weighted by atomic mass is 10.0. The quantitative estimate of drug-likeness (QED) is 0.890. The van der Waals surface area contributed by atoms with Crippen LogP contribution >= 0.6 is 15.9 Å². The summed E-state index contributed by atoms with van der Waals surface area (Å²) in [6, 6.07) is 4.01. The number of hydrogen-bond acceptors (Lipinski definition) is 2. The zero-order valence-corrected chi connectivity index (χ0v) is 13.3. The van der Waals surface area contributed by atoms with Crippen molar-refractivity contribution in [1.82, 2.24) is 9.78 Å². The van der Waals surface area contributed by atoms with Gasteiger partial charge in [-0.15, -0.1) is 0 Å². The zero-order chi connectivity index (χ0) is 15.0. The van der Waals surface area contributed by atoms with Gasteiger partial charge < -0.3 is 5.32 Å². The summed E-state index contributed by atoms with van der Waals surface area (Å²) in [4.78, 5) is 0. The Kier molecular flexibility index (Phi) is 3.97. The predicted octanol–water partition coefficient (Wildman–Crippen LogP) is 4.28. The number of aryl methyl sites for hydroxylation is 1. The number of rotatable bonds is 3. The van der Waals surface area contributed by atoms with Gasteiger partial charge in [0.2, 0.25) is 0 Å². The van der Waals surface area contributed by atoms with Crippen LogP contribution in [0.15, 0.2) is 22.7 Å². The molecule has 0 bridgehead atoms. The maximum atomic E-state index is 13.5. The first-order chi connectivity index (χ1) is 10.1. The van der Waals surface area contributed by atoms with E-state index in [-0.39, 0.29) is 6.04 Å². The molecule has 3 rings (SSSR count). The van der Waals surface area contributed by atoms with Gasteiger partial charge in [0, 0.05) is 6.54 Å². The largest absolute Gasteiger partial charge is 0.369 e. The van der Waals surface area contributed by atoms with Gasteiger partial charge in [-0.2, -0.15) is 5.10 Å². The van der Waals surface area contributed by atoms with Crippen LogP contribution in [0.3, 0.4) is 0 Å². The number of hydrogen-bond donors (Lipinski definition) is 1. The van der Waals surface area contributed by atoms with Crippen molar-refractivity contribution in [3.05, 3.63) is 45.6 Å². The maximum absolute atomic E-state index is 13.5. The van der Waals surface area contributed by atoms with Crippen molar-refractivity contribution in [3.8, 4) is 0 Å². The van der Waals surface area contributed by atoms with Crippen molar-refractivity contribution < 1.29 is 8.78 Å². The highest BCUT2D eigenvalue weighted by Gasteiger charge is 2.26. The summed E-state index contributed by atoms with van der Waals surface area (Å²) in [6.45, 7) is 2.88. The van der Waals surface area contributed by atoms with E-state index in [1.54, 1.807) is 6.07 Å². The van der Waals surface area contributed by atoms with E-state index in [1.165, 1.54) is 12.1 Å². The monoisotopic (exact) mass is 355 g/mol. The second-order valence-electron chi connectivity index (χ2n) is 5.21. The van der Waals surface area contributed by atoms with E-state index in [4.69, 9.17) is 0 Å². The first kappa shape index (κ1) is 14.5. The molecule has 1 N–H and O–H groups in total. The van der Waals surface area contributed by atoms with Crippen LogP contribution in [-0.4, -0.2) is 16.3 Å². The van der Waals surface area contributed by atoms with E-state index < -0.39 is 11.6 Å². The molecule has 0 aliphatic carbocycles. The first-order valence-corrected chi connectivity index (χ1v) is 7.86. The van der Waals surface area contributed by atoms with Crippen molar-refractivity contribution in [2.75, 3.05) is 11.9 Å². The van der Waals surface area contributed by atoms with Crippen molar-refractivity contribution in [1.29, 1.82) is 0 Å². The maximum Gasteiger partial charge on any atom is 0.159 e. The average Bonchev–Trinajstić information content (AvgIpc) is 2.79. The van der Waals surface area contributed by atoms with Crippen LogP contribution in [0.5, 0.6) is 0 Å². The van der Waals surface area contributed by atoms with E-state index in [9.17, 15) is 8.78 Å². The van der Waals surface area contributed by atoms with Crippen LogP contribution in [0.25, 0.3) is 0 Å². The SMILES string of the molecule is CCCc1nn2c(c1Br)NCCC2c1ccc(F)c(F)c1. The lowest BCUT2D eigenvalue weighted by Gasteiger charge is -2.26. The molecule has 1 aliphatic rings. The molecule has 1 atom stereocenters. The summed E-state index contributed by atoms with van der Waals surface area (Å²) >= 11 is 3.58. The molecule has 0 fully saturated rings. The van der Waals surface area contributed by atoms with Gasteiger partial charge in [-0.3, -0.25) is 0 Å². The van der Waals surface area contributed by atoms with Gasteiger partial charge in [-0.05, 0) is 46.5 Å². The minimum absolute atomic E-state index is 0.0711. The van der Waals surface area contributed by atoms with E-state index in [1.807, 2.05) is 4.68 Å². The van der Waals surface area contributed by atoms with Gasteiger partial charge in [0.15, 0.2) is 11.6 Å². The molecule has 1 aromatic heterocycles. The Morgan fingerprint density at radius 2 is 2.19 bits per heavy atom. The fraction of sp³-hybridized carbons (Fsp3) is 0.400. The molecular weight excluding hydrogens is 340 g/mol. The summed E-state index contributed by atoms with van der Waals surface area (Å²) in [5, 5.41) is 7.96. The van der Waals surface area contributed by atoms with Gasteiger partial charge >= 0.3 is 0 Å². The number of nitrogens with zero attached hydrogens (tertiary/aromatic N) is 2. The number of nitrogens with one attached hydrogen (secondary N) is 1. The molecule has 0 radical (unpaired) electrons. The molecule has 2 aromatic rings. The topological polar surface area (TPSA) is 29.9 Å². The molecular formula is C15H16BrF2N3. The molecule has 21 heavy (non-hydrogen) atoms. The molecule has 3 nitrogen and oxygen atoms in total. The van der Waals surface area contributed by atoms with Crippen LogP contribution in [0.4, 0.5) is 14.6 Å². The van der Waals surface area contributed by atoms with Crippen molar-refractivity contribution in [3.63, 3.8) is 0 Å². The highest BCUT2D eigenvalue weighted by atomic mass is 79.9. The van der Waals surface area contributed by atoms with Crippen molar-refractivity contribution >= 4 is 21.7 Å². The van der Waals surface area contributed by atoms with Crippen LogP contribution in [0.2, 0.25) is 0 Å². The lowest BCUT2D eigenvalue weighted by molar-refractivity contribution is 0.466. The van der Waals surface area contributed by atoms with Crippen LogP contribution in [-0.2, 0) is 6.42 Å². The molecule has 2 heterocycles. The standard InChI is InChI=1S/C15H16BrF2N3/c1-2-3-12-14(16)15-19-7-6-13(21(15)20-12)9-4-5-10(17)11(18)8-9/h4-5,8,13,19H,2-3,6-7H2,1H3. The Morgan fingerprint density at radius 1 is 1.38 bits per heavy atom. The van der Waals surface area contributed by atoms with Gasteiger partial charge in [0.05, 0.1) is 16.2 Å². The fourth-order valence-electron chi connectivity index (χ4n) is 2.72. The third-order valence-electron chi connectivity index (χ3n) is 3.74. The van der Waals surface area contributed by atoms with E-state index in [0.29, 0.717) is 0 Å². The Bertz CT molecular complexity index is 669. The van der Waals surface area contributed by atoms with E-state index in [2.05, 4.69) is 33.3 Å². The lowest BCUT2D eigenvalue weighted by Crippen LogP contribution is -2.24. The summed E-state index contributed by atoms with van der Waals surface area (Å²) in [5.41, 5.74) is 1.74. The molecule has 1 aromatic carbocycles. The van der Waals surface area contributed by atoms with Crippen molar-refractivity contribution in [2.24, 2.45) is 0 Å². The second-order valence-corrected chi connectivity index (χ2v) is 6.00. The van der Waals surface area contributed by atoms with Gasteiger partial charge in [0.25, 0.3) is 0 Å². The summed E-state index contributed by atoms with van der Waals surface area (Å²) in [6.07, 6.45) is 2.68. The van der Waals surface area contributed by atoms with E-state index in [0.717, 1.165) is 47.4 Å². The number of halogens is 3. The Balaban J connectivity index is 2.03. The van der Waals surface area contributed by atoms with Crippen LogP contribution < -0.4 is 5.32 Å². The number of benzene rings is 1. The average molecular weight is 356 g/mol. The summed E-state index contributed by atoms with van der Waals surface area (Å²) in [5.74, 6) is -0.715. The minimum atomic E-state index is -0.818. The normalized spacial score (nSPS) is 17.4. The molecule has 112 valence electrons. The number of fused-ring (bicyclic) bond motifs is 1. The minimum Gasteiger partial charge on any atom is -0.369 e.